The van der Waals surface area contributed by atoms with Crippen LogP contribution in [0.1, 0.15) is 13.3 Å². The molecule has 0 aromatic carbocycles. The zero-order valence-electron chi connectivity index (χ0n) is 7.21. The van der Waals surface area contributed by atoms with Crippen LogP contribution < -0.4 is 11.5 Å². The van der Waals surface area contributed by atoms with Crippen molar-refractivity contribution in [1.82, 2.24) is 4.90 Å². The van der Waals surface area contributed by atoms with Crippen molar-refractivity contribution in [3.05, 3.63) is 0 Å². The molecule has 0 saturated heterocycles. The van der Waals surface area contributed by atoms with Gasteiger partial charge in [-0.3, -0.25) is 9.69 Å². The van der Waals surface area contributed by atoms with E-state index in [0.717, 1.165) is 6.42 Å². The highest BCUT2D eigenvalue weighted by Crippen LogP contribution is 1.97. The molecule has 1 amide bonds. The van der Waals surface area contributed by atoms with Crippen LogP contribution in [0, 0.1) is 0 Å². The molecule has 0 saturated carbocycles. The normalized spacial score (nSPS) is 13.5. The van der Waals surface area contributed by atoms with Crippen molar-refractivity contribution in [2.45, 2.75) is 19.4 Å². The maximum Gasteiger partial charge on any atom is 0.231 e. The molecule has 4 N–H and O–H groups in total. The lowest BCUT2D eigenvalue weighted by atomic mass is 10.2. The Morgan fingerprint density at radius 2 is 2.18 bits per heavy atom. The predicted octanol–water partition coefficient (Wildman–Crippen LogP) is -0.859. The van der Waals surface area contributed by atoms with E-state index >= 15 is 0 Å². The van der Waals surface area contributed by atoms with E-state index in [1.54, 1.807) is 0 Å². The number of rotatable bonds is 5. The van der Waals surface area contributed by atoms with Gasteiger partial charge in [-0.25, -0.2) is 0 Å². The van der Waals surface area contributed by atoms with E-state index in [9.17, 15) is 4.79 Å². The number of carbonyl (C=O) groups is 1. The number of hydrogen-bond acceptors (Lipinski definition) is 3. The van der Waals surface area contributed by atoms with Gasteiger partial charge in [0.15, 0.2) is 0 Å². The van der Waals surface area contributed by atoms with Crippen molar-refractivity contribution in [3.8, 4) is 0 Å². The highest BCUT2D eigenvalue weighted by atomic mass is 16.1. The van der Waals surface area contributed by atoms with E-state index in [0.29, 0.717) is 6.54 Å². The number of nitrogens with zero attached hydrogens (tertiary/aromatic N) is 1. The molecular formula is C7H17N3O. The summed E-state index contributed by atoms with van der Waals surface area (Å²) in [6.07, 6.45) is 0.945. The summed E-state index contributed by atoms with van der Waals surface area (Å²) in [7, 11) is 1.85. The van der Waals surface area contributed by atoms with E-state index in [-0.39, 0.29) is 18.5 Å². The lowest BCUT2D eigenvalue weighted by Gasteiger charge is -2.23. The summed E-state index contributed by atoms with van der Waals surface area (Å²) in [5.74, 6) is -0.306. The van der Waals surface area contributed by atoms with Crippen LogP contribution in [-0.2, 0) is 4.79 Å². The van der Waals surface area contributed by atoms with Crippen molar-refractivity contribution in [2.24, 2.45) is 11.5 Å². The maximum absolute atomic E-state index is 10.5. The van der Waals surface area contributed by atoms with Crippen LogP contribution in [0.3, 0.4) is 0 Å². The van der Waals surface area contributed by atoms with E-state index < -0.39 is 0 Å². The van der Waals surface area contributed by atoms with Crippen LogP contribution in [-0.4, -0.2) is 37.0 Å². The lowest BCUT2D eigenvalue weighted by Crippen LogP contribution is -2.42. The fourth-order valence-electron chi connectivity index (χ4n) is 1.03. The Labute approximate surface area is 67.5 Å². The van der Waals surface area contributed by atoms with Crippen molar-refractivity contribution in [2.75, 3.05) is 20.1 Å². The summed E-state index contributed by atoms with van der Waals surface area (Å²) >= 11 is 0. The molecule has 0 rings (SSSR count). The highest BCUT2D eigenvalue weighted by Gasteiger charge is 2.11. The SMILES string of the molecule is CCC(CN)N(C)CC(N)=O. The van der Waals surface area contributed by atoms with Gasteiger partial charge in [0.1, 0.15) is 0 Å². The van der Waals surface area contributed by atoms with Crippen molar-refractivity contribution < 1.29 is 4.79 Å². The minimum absolute atomic E-state index is 0.266. The first-order chi connectivity index (χ1) is 5.11. The van der Waals surface area contributed by atoms with Crippen LogP contribution in [0.2, 0.25) is 0 Å². The summed E-state index contributed by atoms with van der Waals surface area (Å²) in [5.41, 5.74) is 10.5. The molecule has 1 unspecified atom stereocenters. The highest BCUT2D eigenvalue weighted by molar-refractivity contribution is 5.75. The summed E-state index contributed by atoms with van der Waals surface area (Å²) < 4.78 is 0. The topological polar surface area (TPSA) is 72.3 Å². The summed E-state index contributed by atoms with van der Waals surface area (Å²) in [6, 6.07) is 0.266. The Morgan fingerprint density at radius 1 is 1.64 bits per heavy atom. The fraction of sp³-hybridized carbons (Fsp3) is 0.857. The minimum Gasteiger partial charge on any atom is -0.369 e. The molecule has 0 aliphatic carbocycles. The molecule has 4 nitrogen and oxygen atoms in total. The quantitative estimate of drug-likeness (QED) is 0.548. The molecule has 0 spiro atoms. The zero-order chi connectivity index (χ0) is 8.85. The Hall–Kier alpha value is -0.610. The standard InChI is InChI=1S/C7H17N3O/c1-3-6(4-8)10(2)5-7(9)11/h6H,3-5,8H2,1-2H3,(H2,9,11). The van der Waals surface area contributed by atoms with Gasteiger partial charge in [0, 0.05) is 12.6 Å². The second-order valence-corrected chi connectivity index (χ2v) is 2.68. The molecule has 0 aliphatic heterocycles. The molecule has 0 bridgehead atoms. The number of likely N-dealkylation sites (N-methyl/N-ethyl adjacent to an activating group) is 1. The summed E-state index contributed by atoms with van der Waals surface area (Å²) in [5, 5.41) is 0. The van der Waals surface area contributed by atoms with Crippen LogP contribution >= 0.6 is 0 Å². The number of primary amides is 1. The Morgan fingerprint density at radius 3 is 2.45 bits per heavy atom. The van der Waals surface area contributed by atoms with Gasteiger partial charge < -0.3 is 11.5 Å². The van der Waals surface area contributed by atoms with Crippen LogP contribution in [0.5, 0.6) is 0 Å². The smallest absolute Gasteiger partial charge is 0.231 e. The molecule has 4 heteroatoms. The van der Waals surface area contributed by atoms with Crippen LogP contribution in [0.15, 0.2) is 0 Å². The molecule has 0 radical (unpaired) electrons. The number of hydrogen-bond donors (Lipinski definition) is 2. The molecule has 0 aliphatic rings. The monoisotopic (exact) mass is 159 g/mol. The van der Waals surface area contributed by atoms with Crippen LogP contribution in [0.25, 0.3) is 0 Å². The maximum atomic E-state index is 10.5. The summed E-state index contributed by atoms with van der Waals surface area (Å²) in [4.78, 5) is 12.4. The average molecular weight is 159 g/mol. The molecular weight excluding hydrogens is 142 g/mol. The average Bonchev–Trinajstić information content (AvgIpc) is 1.88. The predicted molar refractivity (Wildman–Crippen MR) is 45.0 cm³/mol. The van der Waals surface area contributed by atoms with E-state index in [1.807, 2.05) is 18.9 Å². The first-order valence-corrected chi connectivity index (χ1v) is 3.80. The van der Waals surface area contributed by atoms with Crippen molar-refractivity contribution >= 4 is 5.91 Å². The first-order valence-electron chi connectivity index (χ1n) is 3.80. The van der Waals surface area contributed by atoms with Gasteiger partial charge in [0.25, 0.3) is 0 Å². The molecule has 1 atom stereocenters. The van der Waals surface area contributed by atoms with Gasteiger partial charge in [-0.1, -0.05) is 6.92 Å². The van der Waals surface area contributed by atoms with Crippen LogP contribution in [0.4, 0.5) is 0 Å². The largest absolute Gasteiger partial charge is 0.369 e. The van der Waals surface area contributed by atoms with Gasteiger partial charge in [-0.05, 0) is 13.5 Å². The fourth-order valence-corrected chi connectivity index (χ4v) is 1.03. The van der Waals surface area contributed by atoms with E-state index in [1.165, 1.54) is 0 Å². The first kappa shape index (κ1) is 10.4. The van der Waals surface area contributed by atoms with Gasteiger partial charge in [0.2, 0.25) is 5.91 Å². The molecule has 0 heterocycles. The molecule has 0 fully saturated rings. The van der Waals surface area contributed by atoms with Gasteiger partial charge in [-0.2, -0.15) is 0 Å². The molecule has 0 aromatic heterocycles. The second kappa shape index (κ2) is 5.09. The van der Waals surface area contributed by atoms with Gasteiger partial charge >= 0.3 is 0 Å². The van der Waals surface area contributed by atoms with E-state index in [2.05, 4.69) is 0 Å². The Kier molecular flexibility index (Phi) is 4.81. The van der Waals surface area contributed by atoms with Crippen molar-refractivity contribution in [3.63, 3.8) is 0 Å². The second-order valence-electron chi connectivity index (χ2n) is 2.68. The third kappa shape index (κ3) is 3.95. The van der Waals surface area contributed by atoms with Crippen molar-refractivity contribution in [1.29, 1.82) is 0 Å². The van der Waals surface area contributed by atoms with Gasteiger partial charge in [0.05, 0.1) is 6.54 Å². The Bertz CT molecular complexity index is 123. The van der Waals surface area contributed by atoms with E-state index in [4.69, 9.17) is 11.5 Å². The zero-order valence-corrected chi connectivity index (χ0v) is 7.21. The van der Waals surface area contributed by atoms with Gasteiger partial charge in [-0.15, -0.1) is 0 Å². The third-order valence-electron chi connectivity index (χ3n) is 1.77. The number of nitrogens with two attached hydrogens (primary N) is 2. The number of amides is 1. The molecule has 0 aromatic rings. The lowest BCUT2D eigenvalue weighted by molar-refractivity contribution is -0.119. The Balaban J connectivity index is 3.78. The molecule has 66 valence electrons. The molecule has 11 heavy (non-hydrogen) atoms. The third-order valence-corrected chi connectivity index (χ3v) is 1.77. The summed E-state index contributed by atoms with van der Waals surface area (Å²) in [6.45, 7) is 2.89. The minimum atomic E-state index is -0.306. The number of carbonyl (C=O) groups excluding carboxylic acids is 1.